The number of amidine groups is 1. The predicted octanol–water partition coefficient (Wildman–Crippen LogP) is 2.61. The quantitative estimate of drug-likeness (QED) is 0.634. The maximum Gasteiger partial charge on any atom is 0.140 e. The zero-order chi connectivity index (χ0) is 14.2. The molecule has 2 rings (SSSR count). The number of nitrogens with one attached hydrogen (secondary N) is 1. The molecule has 0 atom stereocenters. The highest BCUT2D eigenvalue weighted by Crippen LogP contribution is 2.33. The number of hydrogen-bond acceptors (Lipinski definition) is 3. The second kappa shape index (κ2) is 4.83. The van der Waals surface area contributed by atoms with Gasteiger partial charge in [0.15, 0.2) is 0 Å². The summed E-state index contributed by atoms with van der Waals surface area (Å²) in [6.07, 6.45) is 2.41. The molecule has 0 aromatic carbocycles. The number of pyridine rings is 1. The van der Waals surface area contributed by atoms with E-state index in [2.05, 4.69) is 23.7 Å². The van der Waals surface area contributed by atoms with Crippen molar-refractivity contribution < 1.29 is 0 Å². The van der Waals surface area contributed by atoms with Crippen LogP contribution in [0.5, 0.6) is 0 Å². The van der Waals surface area contributed by atoms with Gasteiger partial charge in [-0.25, -0.2) is 4.98 Å². The van der Waals surface area contributed by atoms with Gasteiger partial charge in [0.25, 0.3) is 0 Å². The molecule has 4 nitrogen and oxygen atoms in total. The Labute approximate surface area is 115 Å². The first kappa shape index (κ1) is 13.8. The minimum absolute atomic E-state index is 0.114. The molecule has 1 saturated heterocycles. The van der Waals surface area contributed by atoms with E-state index in [-0.39, 0.29) is 5.84 Å². The minimum Gasteiger partial charge on any atom is -0.384 e. The molecule has 0 aliphatic carbocycles. The number of nitrogens with two attached hydrogens (primary N) is 1. The highest BCUT2D eigenvalue weighted by atomic mass is 15.2. The lowest BCUT2D eigenvalue weighted by Gasteiger charge is -2.39. The zero-order valence-corrected chi connectivity index (χ0v) is 12.4. The van der Waals surface area contributed by atoms with Crippen molar-refractivity contribution in [2.45, 2.75) is 40.5 Å². The Morgan fingerprint density at radius 1 is 1.42 bits per heavy atom. The fraction of sp³-hybridized carbons (Fsp3) is 0.600. The molecular formula is C15H24N4. The van der Waals surface area contributed by atoms with Gasteiger partial charge in [0.2, 0.25) is 0 Å². The van der Waals surface area contributed by atoms with Crippen molar-refractivity contribution in [3.63, 3.8) is 0 Å². The average Bonchev–Trinajstić information content (AvgIpc) is 2.25. The standard InChI is InChI=1S/C15H24N4/c1-10-8-11(2)18-14(12(10)13(16)17)19-7-5-6-15(3,4)9-19/h8H,5-7,9H2,1-4H3,(H3,16,17). The number of nitrogen functional groups attached to an aromatic ring is 1. The van der Waals surface area contributed by atoms with Gasteiger partial charge in [0.05, 0.1) is 5.56 Å². The van der Waals surface area contributed by atoms with Crippen LogP contribution in [-0.2, 0) is 0 Å². The van der Waals surface area contributed by atoms with Crippen LogP contribution in [0.15, 0.2) is 6.07 Å². The van der Waals surface area contributed by atoms with Gasteiger partial charge in [-0.2, -0.15) is 0 Å². The van der Waals surface area contributed by atoms with E-state index >= 15 is 0 Å². The summed E-state index contributed by atoms with van der Waals surface area (Å²) in [5, 5.41) is 7.82. The lowest BCUT2D eigenvalue weighted by atomic mass is 9.84. The number of aromatic nitrogens is 1. The molecule has 1 aliphatic heterocycles. The van der Waals surface area contributed by atoms with Crippen molar-refractivity contribution in [3.8, 4) is 0 Å². The SMILES string of the molecule is Cc1cc(C)c(C(=N)N)c(N2CCCC(C)(C)C2)n1. The molecule has 0 bridgehead atoms. The van der Waals surface area contributed by atoms with E-state index in [1.807, 2.05) is 19.9 Å². The highest BCUT2D eigenvalue weighted by Gasteiger charge is 2.29. The summed E-state index contributed by atoms with van der Waals surface area (Å²) >= 11 is 0. The molecule has 1 fully saturated rings. The summed E-state index contributed by atoms with van der Waals surface area (Å²) in [5.41, 5.74) is 8.88. The van der Waals surface area contributed by atoms with E-state index in [0.29, 0.717) is 5.41 Å². The largest absolute Gasteiger partial charge is 0.384 e. The number of nitrogens with zero attached hydrogens (tertiary/aromatic N) is 2. The van der Waals surface area contributed by atoms with Crippen molar-refractivity contribution in [2.75, 3.05) is 18.0 Å². The van der Waals surface area contributed by atoms with Crippen LogP contribution in [0.25, 0.3) is 0 Å². The average molecular weight is 260 g/mol. The molecule has 0 spiro atoms. The summed E-state index contributed by atoms with van der Waals surface area (Å²) in [7, 11) is 0. The van der Waals surface area contributed by atoms with Gasteiger partial charge in [-0.15, -0.1) is 0 Å². The molecule has 0 saturated carbocycles. The molecular weight excluding hydrogens is 236 g/mol. The van der Waals surface area contributed by atoms with Crippen LogP contribution >= 0.6 is 0 Å². The summed E-state index contributed by atoms with van der Waals surface area (Å²) in [4.78, 5) is 6.94. The smallest absolute Gasteiger partial charge is 0.140 e. The second-order valence-corrected chi connectivity index (χ2v) is 6.38. The third-order valence-electron chi connectivity index (χ3n) is 3.79. The van der Waals surface area contributed by atoms with Gasteiger partial charge in [-0.05, 0) is 43.7 Å². The lowest BCUT2D eigenvalue weighted by molar-refractivity contribution is 0.292. The molecule has 3 N–H and O–H groups in total. The fourth-order valence-electron chi connectivity index (χ4n) is 2.98. The van der Waals surface area contributed by atoms with Crippen LogP contribution in [-0.4, -0.2) is 23.9 Å². The van der Waals surface area contributed by atoms with Crippen LogP contribution in [0.1, 0.15) is 43.5 Å². The van der Waals surface area contributed by atoms with Crippen LogP contribution in [0.3, 0.4) is 0 Å². The Morgan fingerprint density at radius 2 is 2.11 bits per heavy atom. The van der Waals surface area contributed by atoms with Crippen molar-refractivity contribution in [2.24, 2.45) is 11.1 Å². The first-order valence-electron chi connectivity index (χ1n) is 6.88. The van der Waals surface area contributed by atoms with E-state index in [4.69, 9.17) is 11.1 Å². The first-order valence-corrected chi connectivity index (χ1v) is 6.88. The molecule has 1 aliphatic rings. The Hall–Kier alpha value is -1.58. The monoisotopic (exact) mass is 260 g/mol. The van der Waals surface area contributed by atoms with Gasteiger partial charge >= 0.3 is 0 Å². The first-order chi connectivity index (χ1) is 8.80. The fourth-order valence-corrected chi connectivity index (χ4v) is 2.98. The van der Waals surface area contributed by atoms with E-state index in [0.717, 1.165) is 35.7 Å². The van der Waals surface area contributed by atoms with Gasteiger partial charge < -0.3 is 10.6 Å². The molecule has 4 heteroatoms. The number of hydrogen-bond donors (Lipinski definition) is 2. The van der Waals surface area contributed by atoms with Gasteiger partial charge in [0.1, 0.15) is 11.7 Å². The summed E-state index contributed by atoms with van der Waals surface area (Å²) < 4.78 is 0. The van der Waals surface area contributed by atoms with E-state index in [1.165, 1.54) is 12.8 Å². The van der Waals surface area contributed by atoms with Gasteiger partial charge in [-0.3, -0.25) is 5.41 Å². The summed E-state index contributed by atoms with van der Waals surface area (Å²) in [6.45, 7) is 10.5. The number of anilines is 1. The number of rotatable bonds is 2. The van der Waals surface area contributed by atoms with E-state index < -0.39 is 0 Å². The maximum absolute atomic E-state index is 7.82. The van der Waals surface area contributed by atoms with Crippen molar-refractivity contribution in [1.29, 1.82) is 5.41 Å². The van der Waals surface area contributed by atoms with Crippen LogP contribution in [0, 0.1) is 24.7 Å². The lowest BCUT2D eigenvalue weighted by Crippen LogP contribution is -2.41. The van der Waals surface area contributed by atoms with E-state index in [1.54, 1.807) is 0 Å². The topological polar surface area (TPSA) is 66.0 Å². The van der Waals surface area contributed by atoms with Gasteiger partial charge in [-0.1, -0.05) is 13.8 Å². The molecule has 0 amide bonds. The van der Waals surface area contributed by atoms with Gasteiger partial charge in [0, 0.05) is 18.8 Å². The van der Waals surface area contributed by atoms with Crippen molar-refractivity contribution in [3.05, 3.63) is 22.9 Å². The Morgan fingerprint density at radius 3 is 2.68 bits per heavy atom. The van der Waals surface area contributed by atoms with E-state index in [9.17, 15) is 0 Å². The molecule has 0 unspecified atom stereocenters. The zero-order valence-electron chi connectivity index (χ0n) is 12.4. The Bertz CT molecular complexity index is 505. The third kappa shape index (κ3) is 2.88. The Balaban J connectivity index is 2.46. The highest BCUT2D eigenvalue weighted by molar-refractivity contribution is 6.01. The minimum atomic E-state index is 0.114. The van der Waals surface area contributed by atoms with Crippen LogP contribution in [0.4, 0.5) is 5.82 Å². The molecule has 2 heterocycles. The molecule has 0 radical (unpaired) electrons. The number of piperidine rings is 1. The summed E-state index contributed by atoms with van der Waals surface area (Å²) in [6, 6.07) is 2.00. The molecule has 1 aromatic rings. The summed E-state index contributed by atoms with van der Waals surface area (Å²) in [5.74, 6) is 1.00. The third-order valence-corrected chi connectivity index (χ3v) is 3.79. The maximum atomic E-state index is 7.82. The molecule has 1 aromatic heterocycles. The van der Waals surface area contributed by atoms with Crippen molar-refractivity contribution >= 4 is 11.7 Å². The van der Waals surface area contributed by atoms with Crippen LogP contribution < -0.4 is 10.6 Å². The molecule has 19 heavy (non-hydrogen) atoms. The van der Waals surface area contributed by atoms with Crippen molar-refractivity contribution in [1.82, 2.24) is 4.98 Å². The predicted molar refractivity (Wildman–Crippen MR) is 80.0 cm³/mol. The second-order valence-electron chi connectivity index (χ2n) is 6.38. The normalized spacial score (nSPS) is 18.4. The Kier molecular flexibility index (Phi) is 3.52. The number of aryl methyl sites for hydroxylation is 2. The molecule has 104 valence electrons. The van der Waals surface area contributed by atoms with Crippen LogP contribution in [0.2, 0.25) is 0 Å².